The van der Waals surface area contributed by atoms with Gasteiger partial charge in [0.2, 0.25) is 0 Å². The highest BCUT2D eigenvalue weighted by molar-refractivity contribution is 6.23. The third kappa shape index (κ3) is 2.85. The molecule has 0 radical (unpaired) electrons. The van der Waals surface area contributed by atoms with E-state index in [-0.39, 0.29) is 0 Å². The fourth-order valence-corrected chi connectivity index (χ4v) is 5.04. The van der Waals surface area contributed by atoms with Gasteiger partial charge in [0.05, 0.1) is 5.69 Å². The predicted molar refractivity (Wildman–Crippen MR) is 139 cm³/mol. The van der Waals surface area contributed by atoms with E-state index in [0.717, 1.165) is 16.9 Å². The van der Waals surface area contributed by atoms with Crippen molar-refractivity contribution >= 4 is 38.0 Å². The summed E-state index contributed by atoms with van der Waals surface area (Å²) in [5.74, 6) is 0. The second-order valence-corrected chi connectivity index (χ2v) is 8.53. The second-order valence-electron chi connectivity index (χ2n) is 8.53. The minimum atomic E-state index is 0.959. The summed E-state index contributed by atoms with van der Waals surface area (Å²) in [5, 5.41) is 7.73. The standard InChI is InChI=1S/C31H20N2/c1-2-11-25-21(8-1)15-16-24-19-28(26-12-3-4-13-27(26)31(24)25)22-9-7-10-23(18-22)29-20-33-17-6-5-14-30(33)32-29/h1-20H. The molecule has 0 aliphatic carbocycles. The van der Waals surface area contributed by atoms with Gasteiger partial charge in [0.25, 0.3) is 0 Å². The molecule has 0 spiro atoms. The second kappa shape index (κ2) is 7.04. The van der Waals surface area contributed by atoms with Crippen molar-refractivity contribution in [2.24, 2.45) is 0 Å². The number of pyridine rings is 1. The van der Waals surface area contributed by atoms with E-state index < -0.39 is 0 Å². The summed E-state index contributed by atoms with van der Waals surface area (Å²) >= 11 is 0. The van der Waals surface area contributed by atoms with Crippen LogP contribution < -0.4 is 0 Å². The highest BCUT2D eigenvalue weighted by Gasteiger charge is 2.12. The van der Waals surface area contributed by atoms with E-state index in [1.807, 2.05) is 24.4 Å². The van der Waals surface area contributed by atoms with Gasteiger partial charge in [-0.15, -0.1) is 0 Å². The quantitative estimate of drug-likeness (QED) is 0.258. The van der Waals surface area contributed by atoms with Crippen molar-refractivity contribution in [3.05, 3.63) is 122 Å². The van der Waals surface area contributed by atoms with Gasteiger partial charge in [-0.3, -0.25) is 0 Å². The Morgan fingerprint density at radius 2 is 1.30 bits per heavy atom. The van der Waals surface area contributed by atoms with Crippen LogP contribution in [-0.4, -0.2) is 9.38 Å². The fraction of sp³-hybridized carbons (Fsp3) is 0. The number of aromatic nitrogens is 2. The highest BCUT2D eigenvalue weighted by Crippen LogP contribution is 2.39. The zero-order valence-electron chi connectivity index (χ0n) is 17.9. The molecule has 0 saturated heterocycles. The van der Waals surface area contributed by atoms with Crippen molar-refractivity contribution in [1.82, 2.24) is 9.38 Å². The molecule has 0 amide bonds. The molecule has 0 bridgehead atoms. The van der Waals surface area contributed by atoms with Crippen LogP contribution in [0.3, 0.4) is 0 Å². The van der Waals surface area contributed by atoms with Crippen molar-refractivity contribution in [3.63, 3.8) is 0 Å². The van der Waals surface area contributed by atoms with Crippen molar-refractivity contribution < 1.29 is 0 Å². The van der Waals surface area contributed by atoms with Crippen molar-refractivity contribution in [1.29, 1.82) is 0 Å². The van der Waals surface area contributed by atoms with Crippen LogP contribution in [0.15, 0.2) is 122 Å². The summed E-state index contributed by atoms with van der Waals surface area (Å²) < 4.78 is 2.07. The largest absolute Gasteiger partial charge is 0.306 e. The van der Waals surface area contributed by atoms with Gasteiger partial charge >= 0.3 is 0 Å². The molecule has 2 nitrogen and oxygen atoms in total. The molecule has 2 aromatic heterocycles. The Morgan fingerprint density at radius 1 is 0.545 bits per heavy atom. The lowest BCUT2D eigenvalue weighted by atomic mass is 9.90. The van der Waals surface area contributed by atoms with Gasteiger partial charge in [-0.25, -0.2) is 4.98 Å². The van der Waals surface area contributed by atoms with Gasteiger partial charge in [0.15, 0.2) is 0 Å². The summed E-state index contributed by atoms with van der Waals surface area (Å²) in [4.78, 5) is 4.83. The van der Waals surface area contributed by atoms with E-state index in [1.54, 1.807) is 0 Å². The molecule has 33 heavy (non-hydrogen) atoms. The number of hydrogen-bond acceptors (Lipinski definition) is 1. The fourth-order valence-electron chi connectivity index (χ4n) is 5.04. The Hall–Kier alpha value is -4.43. The van der Waals surface area contributed by atoms with Gasteiger partial charge in [-0.05, 0) is 67.7 Å². The van der Waals surface area contributed by atoms with Crippen LogP contribution in [0.2, 0.25) is 0 Å². The van der Waals surface area contributed by atoms with Crippen molar-refractivity contribution in [3.8, 4) is 22.4 Å². The van der Waals surface area contributed by atoms with Crippen molar-refractivity contribution in [2.45, 2.75) is 0 Å². The van der Waals surface area contributed by atoms with E-state index in [2.05, 4.69) is 102 Å². The monoisotopic (exact) mass is 420 g/mol. The smallest absolute Gasteiger partial charge is 0.137 e. The lowest BCUT2D eigenvalue weighted by Crippen LogP contribution is -1.87. The van der Waals surface area contributed by atoms with E-state index in [0.29, 0.717) is 0 Å². The van der Waals surface area contributed by atoms with Crippen LogP contribution in [0.5, 0.6) is 0 Å². The molecule has 2 heterocycles. The average molecular weight is 421 g/mol. The van der Waals surface area contributed by atoms with Crippen LogP contribution in [0.25, 0.3) is 60.3 Å². The molecule has 0 atom stereocenters. The lowest BCUT2D eigenvalue weighted by Gasteiger charge is -2.13. The van der Waals surface area contributed by atoms with Gasteiger partial charge in [-0.1, -0.05) is 84.9 Å². The van der Waals surface area contributed by atoms with Gasteiger partial charge in [-0.2, -0.15) is 0 Å². The molecule has 5 aromatic carbocycles. The number of nitrogens with zero attached hydrogens (tertiary/aromatic N) is 2. The Kier molecular flexibility index (Phi) is 3.88. The molecule has 0 saturated carbocycles. The molecular formula is C31H20N2. The molecule has 0 aliphatic rings. The zero-order valence-corrected chi connectivity index (χ0v) is 17.9. The normalized spacial score (nSPS) is 11.6. The van der Waals surface area contributed by atoms with Crippen molar-refractivity contribution in [2.75, 3.05) is 0 Å². The molecule has 7 rings (SSSR count). The van der Waals surface area contributed by atoms with E-state index in [1.165, 1.54) is 43.4 Å². The predicted octanol–water partition coefficient (Wildman–Crippen LogP) is 8.13. The highest BCUT2D eigenvalue weighted by atomic mass is 15.0. The van der Waals surface area contributed by atoms with Crippen LogP contribution in [0.4, 0.5) is 0 Å². The number of rotatable bonds is 2. The number of imidazole rings is 1. The van der Waals surface area contributed by atoms with Crippen LogP contribution >= 0.6 is 0 Å². The molecule has 0 aliphatic heterocycles. The maximum Gasteiger partial charge on any atom is 0.137 e. The number of fused-ring (bicyclic) bond motifs is 6. The maximum atomic E-state index is 4.83. The Morgan fingerprint density at radius 3 is 2.21 bits per heavy atom. The van der Waals surface area contributed by atoms with Gasteiger partial charge < -0.3 is 4.40 Å². The average Bonchev–Trinajstić information content (AvgIpc) is 3.32. The number of hydrogen-bond donors (Lipinski definition) is 0. The first-order valence-corrected chi connectivity index (χ1v) is 11.2. The Balaban J connectivity index is 1.49. The summed E-state index contributed by atoms with van der Waals surface area (Å²) in [5.41, 5.74) is 5.52. The third-order valence-electron chi connectivity index (χ3n) is 6.58. The van der Waals surface area contributed by atoms with Crippen LogP contribution in [0, 0.1) is 0 Å². The third-order valence-corrected chi connectivity index (χ3v) is 6.58. The molecule has 2 heteroatoms. The lowest BCUT2D eigenvalue weighted by molar-refractivity contribution is 1.19. The van der Waals surface area contributed by atoms with E-state index in [9.17, 15) is 0 Å². The molecule has 154 valence electrons. The number of benzene rings is 5. The van der Waals surface area contributed by atoms with Crippen LogP contribution in [-0.2, 0) is 0 Å². The molecule has 7 aromatic rings. The minimum absolute atomic E-state index is 0.959. The Labute approximate surface area is 191 Å². The molecule has 0 N–H and O–H groups in total. The summed E-state index contributed by atoms with van der Waals surface area (Å²) in [6, 6.07) is 39.1. The summed E-state index contributed by atoms with van der Waals surface area (Å²) in [6.45, 7) is 0. The summed E-state index contributed by atoms with van der Waals surface area (Å²) in [7, 11) is 0. The minimum Gasteiger partial charge on any atom is -0.306 e. The maximum absolute atomic E-state index is 4.83. The zero-order chi connectivity index (χ0) is 21.8. The van der Waals surface area contributed by atoms with Gasteiger partial charge in [0.1, 0.15) is 5.65 Å². The molecular weight excluding hydrogens is 400 g/mol. The molecule has 0 fully saturated rings. The topological polar surface area (TPSA) is 17.3 Å². The van der Waals surface area contributed by atoms with E-state index in [4.69, 9.17) is 4.98 Å². The van der Waals surface area contributed by atoms with E-state index >= 15 is 0 Å². The first kappa shape index (κ1) is 18.2. The summed E-state index contributed by atoms with van der Waals surface area (Å²) in [6.07, 6.45) is 4.13. The SMILES string of the molecule is c1cc(-c2cn3ccccc3n2)cc(-c2cc3ccc4ccccc4c3c3ccccc23)c1. The van der Waals surface area contributed by atoms with Crippen LogP contribution in [0.1, 0.15) is 0 Å². The first-order valence-electron chi connectivity index (χ1n) is 11.2. The Bertz CT molecular complexity index is 1790. The first-order chi connectivity index (χ1) is 16.3. The van der Waals surface area contributed by atoms with Gasteiger partial charge in [0, 0.05) is 18.0 Å². The molecule has 0 unspecified atom stereocenters.